The van der Waals surface area contributed by atoms with Gasteiger partial charge in [0.15, 0.2) is 0 Å². The topological polar surface area (TPSA) is 58.4 Å². The van der Waals surface area contributed by atoms with Crippen LogP contribution in [0.5, 0.6) is 0 Å². The van der Waals surface area contributed by atoms with Gasteiger partial charge in [0.2, 0.25) is 5.91 Å². The molecule has 0 saturated heterocycles. The third-order valence-corrected chi connectivity index (χ3v) is 3.36. The van der Waals surface area contributed by atoms with E-state index in [4.69, 9.17) is 5.73 Å². The molecule has 110 valence electrons. The van der Waals surface area contributed by atoms with Crippen molar-refractivity contribution in [1.29, 1.82) is 0 Å². The molecule has 1 amide bonds. The number of hydrogen-bond donors (Lipinski definition) is 2. The maximum Gasteiger partial charge on any atom is 0.243 e. The Hall–Kier alpha value is -2.49. The second kappa shape index (κ2) is 6.31. The van der Waals surface area contributed by atoms with Crippen LogP contribution in [0.2, 0.25) is 0 Å². The normalized spacial score (nSPS) is 10.2. The van der Waals surface area contributed by atoms with Crippen molar-refractivity contribution in [2.75, 3.05) is 29.5 Å². The molecule has 0 radical (unpaired) electrons. The van der Waals surface area contributed by atoms with Crippen molar-refractivity contribution >= 4 is 23.0 Å². The van der Waals surface area contributed by atoms with Gasteiger partial charge in [0.1, 0.15) is 0 Å². The smallest absolute Gasteiger partial charge is 0.243 e. The first-order valence-corrected chi connectivity index (χ1v) is 6.89. The molecular formula is C17H21N3O. The van der Waals surface area contributed by atoms with Crippen LogP contribution >= 0.6 is 0 Å². The van der Waals surface area contributed by atoms with E-state index < -0.39 is 0 Å². The molecule has 0 aromatic heterocycles. The number of carbonyl (C=O) groups is 1. The summed E-state index contributed by atoms with van der Waals surface area (Å²) in [6, 6.07) is 13.6. The SMILES string of the molecule is Cc1cccc(N(C)CC(=O)Nc2cc(N)ccc2C)c1. The van der Waals surface area contributed by atoms with Gasteiger partial charge in [-0.3, -0.25) is 4.79 Å². The highest BCUT2D eigenvalue weighted by Gasteiger charge is 2.09. The van der Waals surface area contributed by atoms with Gasteiger partial charge in [-0.1, -0.05) is 18.2 Å². The zero-order chi connectivity index (χ0) is 15.4. The second-order valence-corrected chi connectivity index (χ2v) is 5.32. The number of likely N-dealkylation sites (N-methyl/N-ethyl adjacent to an activating group) is 1. The summed E-state index contributed by atoms with van der Waals surface area (Å²) in [6.45, 7) is 4.27. The molecule has 0 unspecified atom stereocenters. The van der Waals surface area contributed by atoms with Crippen LogP contribution in [0.15, 0.2) is 42.5 Å². The summed E-state index contributed by atoms with van der Waals surface area (Å²) < 4.78 is 0. The van der Waals surface area contributed by atoms with E-state index >= 15 is 0 Å². The molecule has 0 aliphatic rings. The van der Waals surface area contributed by atoms with Crippen molar-refractivity contribution in [3.8, 4) is 0 Å². The number of amides is 1. The Balaban J connectivity index is 2.03. The van der Waals surface area contributed by atoms with Crippen molar-refractivity contribution in [3.05, 3.63) is 53.6 Å². The summed E-state index contributed by atoms with van der Waals surface area (Å²) in [6.07, 6.45) is 0. The summed E-state index contributed by atoms with van der Waals surface area (Å²) in [5.74, 6) is -0.0623. The number of carbonyl (C=O) groups excluding carboxylic acids is 1. The number of rotatable bonds is 4. The van der Waals surface area contributed by atoms with Gasteiger partial charge in [0.05, 0.1) is 6.54 Å². The van der Waals surface area contributed by atoms with Gasteiger partial charge in [-0.15, -0.1) is 0 Å². The van der Waals surface area contributed by atoms with Gasteiger partial charge in [0, 0.05) is 24.1 Å². The zero-order valence-corrected chi connectivity index (χ0v) is 12.7. The summed E-state index contributed by atoms with van der Waals surface area (Å²) in [4.78, 5) is 14.1. The molecule has 0 heterocycles. The van der Waals surface area contributed by atoms with E-state index in [1.807, 2.05) is 56.1 Å². The summed E-state index contributed by atoms with van der Waals surface area (Å²) in [5, 5.41) is 2.91. The molecule has 2 rings (SSSR count). The van der Waals surface area contributed by atoms with E-state index in [0.29, 0.717) is 5.69 Å². The Bertz CT molecular complexity index is 652. The van der Waals surface area contributed by atoms with Crippen molar-refractivity contribution < 1.29 is 4.79 Å². The molecular weight excluding hydrogens is 262 g/mol. The minimum Gasteiger partial charge on any atom is -0.399 e. The van der Waals surface area contributed by atoms with Gasteiger partial charge >= 0.3 is 0 Å². The highest BCUT2D eigenvalue weighted by atomic mass is 16.2. The average molecular weight is 283 g/mol. The van der Waals surface area contributed by atoms with Gasteiger partial charge in [0.25, 0.3) is 0 Å². The molecule has 0 bridgehead atoms. The second-order valence-electron chi connectivity index (χ2n) is 5.32. The fourth-order valence-corrected chi connectivity index (χ4v) is 2.14. The van der Waals surface area contributed by atoms with E-state index in [0.717, 1.165) is 16.9 Å². The Kier molecular flexibility index (Phi) is 4.48. The highest BCUT2D eigenvalue weighted by Crippen LogP contribution is 2.18. The lowest BCUT2D eigenvalue weighted by Gasteiger charge is -2.19. The molecule has 3 N–H and O–H groups in total. The van der Waals surface area contributed by atoms with Crippen molar-refractivity contribution in [1.82, 2.24) is 0 Å². The van der Waals surface area contributed by atoms with Crippen molar-refractivity contribution in [3.63, 3.8) is 0 Å². The van der Waals surface area contributed by atoms with Crippen LogP contribution in [0.4, 0.5) is 17.1 Å². The Morgan fingerprint density at radius 1 is 1.19 bits per heavy atom. The van der Waals surface area contributed by atoms with Gasteiger partial charge in [-0.05, 0) is 49.2 Å². The van der Waals surface area contributed by atoms with E-state index in [1.165, 1.54) is 5.56 Å². The lowest BCUT2D eigenvalue weighted by atomic mass is 10.2. The van der Waals surface area contributed by atoms with Gasteiger partial charge in [-0.2, -0.15) is 0 Å². The third kappa shape index (κ3) is 3.99. The molecule has 2 aromatic carbocycles. The summed E-state index contributed by atoms with van der Waals surface area (Å²) >= 11 is 0. The highest BCUT2D eigenvalue weighted by molar-refractivity contribution is 5.95. The van der Waals surface area contributed by atoms with E-state index in [-0.39, 0.29) is 12.5 Å². The third-order valence-electron chi connectivity index (χ3n) is 3.36. The fraction of sp³-hybridized carbons (Fsp3) is 0.235. The molecule has 0 fully saturated rings. The largest absolute Gasteiger partial charge is 0.399 e. The molecule has 0 spiro atoms. The van der Waals surface area contributed by atoms with Gasteiger partial charge < -0.3 is 16.0 Å². The molecule has 2 aromatic rings. The number of nitrogens with one attached hydrogen (secondary N) is 1. The number of hydrogen-bond acceptors (Lipinski definition) is 3. The number of aryl methyl sites for hydroxylation is 2. The van der Waals surface area contributed by atoms with Crippen molar-refractivity contribution in [2.45, 2.75) is 13.8 Å². The van der Waals surface area contributed by atoms with Crippen LogP contribution in [-0.2, 0) is 4.79 Å². The minimum absolute atomic E-state index is 0.0623. The predicted octanol–water partition coefficient (Wildman–Crippen LogP) is 2.96. The number of nitrogens with two attached hydrogens (primary N) is 1. The Morgan fingerprint density at radius 3 is 2.67 bits per heavy atom. The predicted molar refractivity (Wildman–Crippen MR) is 88.7 cm³/mol. The average Bonchev–Trinajstić information content (AvgIpc) is 2.42. The number of benzene rings is 2. The minimum atomic E-state index is -0.0623. The number of nitrogens with zero attached hydrogens (tertiary/aromatic N) is 1. The van der Waals surface area contributed by atoms with E-state index in [1.54, 1.807) is 6.07 Å². The van der Waals surface area contributed by atoms with Crippen LogP contribution in [0.1, 0.15) is 11.1 Å². The molecule has 0 aliphatic carbocycles. The maximum absolute atomic E-state index is 12.2. The first kappa shape index (κ1) is 14.9. The standard InChI is InChI=1S/C17H21N3O/c1-12-5-4-6-15(9-12)20(3)11-17(21)19-16-10-14(18)8-7-13(16)2/h4-10H,11,18H2,1-3H3,(H,19,21). The van der Waals surface area contributed by atoms with Crippen LogP contribution < -0.4 is 16.0 Å². The zero-order valence-electron chi connectivity index (χ0n) is 12.7. The van der Waals surface area contributed by atoms with Crippen LogP contribution in [0, 0.1) is 13.8 Å². The molecule has 21 heavy (non-hydrogen) atoms. The number of nitrogen functional groups attached to an aromatic ring is 1. The van der Waals surface area contributed by atoms with E-state index in [9.17, 15) is 4.79 Å². The first-order chi connectivity index (χ1) is 9.95. The van der Waals surface area contributed by atoms with Crippen LogP contribution in [0.25, 0.3) is 0 Å². The van der Waals surface area contributed by atoms with Crippen LogP contribution in [0.3, 0.4) is 0 Å². The molecule has 4 nitrogen and oxygen atoms in total. The lowest BCUT2D eigenvalue weighted by Crippen LogP contribution is -2.30. The molecule has 0 saturated carbocycles. The lowest BCUT2D eigenvalue weighted by molar-refractivity contribution is -0.114. The maximum atomic E-state index is 12.2. The number of anilines is 3. The fourth-order valence-electron chi connectivity index (χ4n) is 2.14. The van der Waals surface area contributed by atoms with Gasteiger partial charge in [-0.25, -0.2) is 0 Å². The van der Waals surface area contributed by atoms with Crippen molar-refractivity contribution in [2.24, 2.45) is 0 Å². The molecule has 0 aliphatic heterocycles. The molecule has 4 heteroatoms. The summed E-state index contributed by atoms with van der Waals surface area (Å²) in [5.41, 5.74) is 10.3. The Labute approximate surface area is 125 Å². The van der Waals surface area contributed by atoms with E-state index in [2.05, 4.69) is 11.4 Å². The van der Waals surface area contributed by atoms with Crippen LogP contribution in [-0.4, -0.2) is 19.5 Å². The monoisotopic (exact) mass is 283 g/mol. The molecule has 0 atom stereocenters. The quantitative estimate of drug-likeness (QED) is 0.848. The Morgan fingerprint density at radius 2 is 1.95 bits per heavy atom. The summed E-state index contributed by atoms with van der Waals surface area (Å²) in [7, 11) is 1.90. The first-order valence-electron chi connectivity index (χ1n) is 6.89.